The van der Waals surface area contributed by atoms with Crippen molar-refractivity contribution >= 4 is 23.2 Å². The van der Waals surface area contributed by atoms with E-state index >= 15 is 0 Å². The first-order valence-electron chi connectivity index (χ1n) is 8.58. The minimum atomic E-state index is -0.410. The third-order valence-electron chi connectivity index (χ3n) is 3.94. The summed E-state index contributed by atoms with van der Waals surface area (Å²) < 4.78 is 5.61. The second-order valence-electron chi connectivity index (χ2n) is 5.83. The van der Waals surface area contributed by atoms with Gasteiger partial charge in [-0.15, -0.1) is 11.3 Å². The first-order valence-corrected chi connectivity index (χ1v) is 9.40. The van der Waals surface area contributed by atoms with E-state index in [0.717, 1.165) is 16.0 Å². The fourth-order valence-electron chi connectivity index (χ4n) is 2.61. The van der Waals surface area contributed by atoms with Crippen LogP contribution in [-0.4, -0.2) is 18.4 Å². The molecule has 0 bridgehead atoms. The molecule has 138 valence electrons. The van der Waals surface area contributed by atoms with Gasteiger partial charge in [-0.1, -0.05) is 48.5 Å². The van der Waals surface area contributed by atoms with Gasteiger partial charge in [0, 0.05) is 10.4 Å². The minimum Gasteiger partial charge on any atom is -0.492 e. The number of hydrogen-bond donors (Lipinski definition) is 2. The van der Waals surface area contributed by atoms with E-state index in [0.29, 0.717) is 22.8 Å². The third kappa shape index (κ3) is 4.35. The average Bonchev–Trinajstić information content (AvgIpc) is 3.11. The molecule has 0 spiro atoms. The Hall–Kier alpha value is -3.12. The second-order valence-corrected chi connectivity index (χ2v) is 6.88. The lowest BCUT2D eigenvalue weighted by Gasteiger charge is -2.09. The molecule has 27 heavy (non-hydrogen) atoms. The summed E-state index contributed by atoms with van der Waals surface area (Å²) in [5, 5.41) is 0. The van der Waals surface area contributed by atoms with Crippen LogP contribution in [0.25, 0.3) is 10.4 Å². The molecular formula is C21H20N2O3S. The van der Waals surface area contributed by atoms with Gasteiger partial charge in [0.2, 0.25) is 0 Å². The second kappa shape index (κ2) is 8.51. The number of carbonyl (C=O) groups excluding carboxylic acids is 2. The summed E-state index contributed by atoms with van der Waals surface area (Å²) in [6, 6.07) is 18.8. The number of hydrogen-bond acceptors (Lipinski definition) is 4. The number of rotatable bonds is 5. The molecule has 5 nitrogen and oxygen atoms in total. The van der Waals surface area contributed by atoms with Crippen molar-refractivity contribution in [2.75, 3.05) is 6.61 Å². The number of thiophene rings is 1. The van der Waals surface area contributed by atoms with E-state index in [4.69, 9.17) is 4.74 Å². The topological polar surface area (TPSA) is 67.4 Å². The molecule has 0 aliphatic heterocycles. The fraction of sp³-hybridized carbons (Fsp3) is 0.143. The van der Waals surface area contributed by atoms with Crippen molar-refractivity contribution in [2.24, 2.45) is 0 Å². The summed E-state index contributed by atoms with van der Waals surface area (Å²) in [5.74, 6) is -0.268. The predicted octanol–water partition coefficient (Wildman–Crippen LogP) is 4.20. The van der Waals surface area contributed by atoms with Crippen molar-refractivity contribution in [3.63, 3.8) is 0 Å². The lowest BCUT2D eigenvalue weighted by molar-refractivity contribution is 0.0846. The van der Waals surface area contributed by atoms with Gasteiger partial charge in [0.15, 0.2) is 0 Å². The zero-order valence-corrected chi connectivity index (χ0v) is 15.9. The Labute approximate surface area is 162 Å². The number of benzene rings is 2. The van der Waals surface area contributed by atoms with Crippen molar-refractivity contribution in [1.29, 1.82) is 0 Å². The van der Waals surface area contributed by atoms with Crippen LogP contribution in [0.3, 0.4) is 0 Å². The SMILES string of the molecule is CCOc1cc(-c2ccccc2)sc1C(=O)NNC(=O)c1ccccc1C. The molecule has 3 rings (SSSR count). The lowest BCUT2D eigenvalue weighted by Crippen LogP contribution is -2.41. The Morgan fingerprint density at radius 2 is 1.63 bits per heavy atom. The maximum atomic E-state index is 12.6. The van der Waals surface area contributed by atoms with Gasteiger partial charge >= 0.3 is 0 Å². The van der Waals surface area contributed by atoms with Crippen LogP contribution >= 0.6 is 11.3 Å². The first-order chi connectivity index (χ1) is 13.1. The molecule has 0 unspecified atom stereocenters. The largest absolute Gasteiger partial charge is 0.492 e. The molecule has 0 fully saturated rings. The summed E-state index contributed by atoms with van der Waals surface area (Å²) in [7, 11) is 0. The molecule has 0 atom stereocenters. The van der Waals surface area contributed by atoms with Crippen LogP contribution < -0.4 is 15.6 Å². The highest BCUT2D eigenvalue weighted by Gasteiger charge is 2.19. The molecule has 0 aliphatic carbocycles. The van der Waals surface area contributed by atoms with Crippen LogP contribution in [-0.2, 0) is 0 Å². The van der Waals surface area contributed by atoms with Gasteiger partial charge in [-0.05, 0) is 37.1 Å². The third-order valence-corrected chi connectivity index (χ3v) is 5.11. The average molecular weight is 380 g/mol. The molecule has 1 heterocycles. The van der Waals surface area contributed by atoms with Crippen LogP contribution in [0.5, 0.6) is 5.75 Å². The van der Waals surface area contributed by atoms with E-state index in [1.807, 2.05) is 62.4 Å². The normalized spacial score (nSPS) is 10.3. The Balaban J connectivity index is 1.77. The molecule has 2 N–H and O–H groups in total. The van der Waals surface area contributed by atoms with E-state index in [2.05, 4.69) is 10.9 Å². The Kier molecular flexibility index (Phi) is 5.88. The van der Waals surface area contributed by atoms with E-state index in [1.165, 1.54) is 11.3 Å². The molecule has 0 aliphatic rings. The molecule has 2 amide bonds. The molecule has 0 radical (unpaired) electrons. The Morgan fingerprint density at radius 1 is 0.963 bits per heavy atom. The number of aryl methyl sites for hydroxylation is 1. The highest BCUT2D eigenvalue weighted by molar-refractivity contribution is 7.17. The van der Waals surface area contributed by atoms with Gasteiger partial charge in [-0.2, -0.15) is 0 Å². The summed E-state index contributed by atoms with van der Waals surface area (Å²) in [5.41, 5.74) is 7.30. The summed E-state index contributed by atoms with van der Waals surface area (Å²) in [4.78, 5) is 26.2. The fourth-order valence-corrected chi connectivity index (χ4v) is 3.61. The van der Waals surface area contributed by atoms with Crippen molar-refractivity contribution < 1.29 is 14.3 Å². The van der Waals surface area contributed by atoms with E-state index in [9.17, 15) is 9.59 Å². The first kappa shape index (κ1) is 18.7. The molecule has 2 aromatic carbocycles. The molecule has 1 aromatic heterocycles. The smallest absolute Gasteiger partial charge is 0.283 e. The Bertz CT molecular complexity index is 951. The zero-order valence-electron chi connectivity index (χ0n) is 15.1. The van der Waals surface area contributed by atoms with Crippen LogP contribution in [0, 0.1) is 6.92 Å². The molecule has 6 heteroatoms. The summed E-state index contributed by atoms with van der Waals surface area (Å²) in [6.45, 7) is 4.15. The van der Waals surface area contributed by atoms with E-state index in [-0.39, 0.29) is 5.91 Å². The monoisotopic (exact) mass is 380 g/mol. The molecule has 0 saturated carbocycles. The quantitative estimate of drug-likeness (QED) is 0.652. The maximum Gasteiger partial charge on any atom is 0.283 e. The number of carbonyl (C=O) groups is 2. The van der Waals surface area contributed by atoms with Crippen molar-refractivity contribution in [3.05, 3.63) is 76.7 Å². The van der Waals surface area contributed by atoms with Gasteiger partial charge in [0.05, 0.1) is 6.61 Å². The van der Waals surface area contributed by atoms with Crippen LogP contribution in [0.2, 0.25) is 0 Å². The standard InChI is InChI=1S/C21H20N2O3S/c1-3-26-17-13-18(15-10-5-4-6-11-15)27-19(17)21(25)23-22-20(24)16-12-8-7-9-14(16)2/h4-13H,3H2,1-2H3,(H,22,24)(H,23,25). The number of ether oxygens (including phenoxy) is 1. The zero-order chi connectivity index (χ0) is 19.2. The van der Waals surface area contributed by atoms with Crippen LogP contribution in [0.15, 0.2) is 60.7 Å². The van der Waals surface area contributed by atoms with E-state index in [1.54, 1.807) is 12.1 Å². The summed E-state index contributed by atoms with van der Waals surface area (Å²) >= 11 is 1.32. The van der Waals surface area contributed by atoms with E-state index < -0.39 is 5.91 Å². The number of nitrogens with one attached hydrogen (secondary N) is 2. The minimum absolute atomic E-state index is 0.362. The van der Waals surface area contributed by atoms with Gasteiger partial charge in [0.1, 0.15) is 10.6 Å². The Morgan fingerprint density at radius 3 is 2.33 bits per heavy atom. The molecule has 3 aromatic rings. The van der Waals surface area contributed by atoms with Gasteiger partial charge in [0.25, 0.3) is 11.8 Å². The molecule has 0 saturated heterocycles. The van der Waals surface area contributed by atoms with Crippen molar-refractivity contribution in [3.8, 4) is 16.2 Å². The highest BCUT2D eigenvalue weighted by atomic mass is 32.1. The predicted molar refractivity (Wildman–Crippen MR) is 107 cm³/mol. The van der Waals surface area contributed by atoms with Gasteiger partial charge < -0.3 is 4.74 Å². The van der Waals surface area contributed by atoms with Gasteiger partial charge in [-0.25, -0.2) is 0 Å². The van der Waals surface area contributed by atoms with Crippen LogP contribution in [0.1, 0.15) is 32.5 Å². The van der Waals surface area contributed by atoms with Gasteiger partial charge in [-0.3, -0.25) is 20.4 Å². The highest BCUT2D eigenvalue weighted by Crippen LogP contribution is 2.36. The number of hydrazine groups is 1. The van der Waals surface area contributed by atoms with Crippen molar-refractivity contribution in [1.82, 2.24) is 10.9 Å². The summed E-state index contributed by atoms with van der Waals surface area (Å²) in [6.07, 6.45) is 0. The maximum absolute atomic E-state index is 12.6. The lowest BCUT2D eigenvalue weighted by atomic mass is 10.1. The molecular weight excluding hydrogens is 360 g/mol. The van der Waals surface area contributed by atoms with Crippen LogP contribution in [0.4, 0.5) is 0 Å². The van der Waals surface area contributed by atoms with Crippen molar-refractivity contribution in [2.45, 2.75) is 13.8 Å². The number of amides is 2.